The molecule has 0 radical (unpaired) electrons. The maximum absolute atomic E-state index is 12.4. The highest BCUT2D eigenvalue weighted by Gasteiger charge is 2.32. The Morgan fingerprint density at radius 3 is 2.00 bits per heavy atom. The smallest absolute Gasteiger partial charge is 0.251 e. The Balaban J connectivity index is 1.85. The molecule has 1 fully saturated rings. The number of pyridine rings is 1. The molecular formula is C15H12F3N. The molecule has 0 atom stereocenters. The summed E-state index contributed by atoms with van der Waals surface area (Å²) in [6.07, 6.45) is -0.633. The second-order valence-electron chi connectivity index (χ2n) is 4.83. The molecule has 0 saturated heterocycles. The van der Waals surface area contributed by atoms with Crippen LogP contribution in [-0.2, 0) is 6.18 Å². The fraction of sp³-hybridized carbons (Fsp3) is 0.267. The fourth-order valence-corrected chi connectivity index (χ4v) is 2.10. The number of aromatic nitrogens is 1. The average molecular weight is 263 g/mol. The maximum atomic E-state index is 12.4. The Hall–Kier alpha value is -1.84. The Kier molecular flexibility index (Phi) is 2.81. The SMILES string of the molecule is FC(F)(F)c1ccc(-c2ccc(C3CC3)cc2)cn1. The molecule has 0 N–H and O–H groups in total. The zero-order chi connectivity index (χ0) is 13.5. The standard InChI is InChI=1S/C15H12F3N/c16-15(17,18)14-8-7-13(9-19-14)12-5-3-11(4-6-12)10-1-2-10/h3-10H,1-2H2. The molecule has 1 aromatic heterocycles. The summed E-state index contributed by atoms with van der Waals surface area (Å²) in [5.74, 6) is 0.680. The lowest BCUT2D eigenvalue weighted by Crippen LogP contribution is -2.07. The lowest BCUT2D eigenvalue weighted by molar-refractivity contribution is -0.141. The van der Waals surface area contributed by atoms with Crippen molar-refractivity contribution in [3.05, 3.63) is 53.9 Å². The second kappa shape index (κ2) is 4.37. The van der Waals surface area contributed by atoms with E-state index in [1.54, 1.807) is 0 Å². The van der Waals surface area contributed by atoms with Gasteiger partial charge in [0.2, 0.25) is 0 Å². The molecule has 1 saturated carbocycles. The summed E-state index contributed by atoms with van der Waals surface area (Å²) in [6.45, 7) is 0. The molecule has 1 heterocycles. The third kappa shape index (κ3) is 2.62. The molecule has 98 valence electrons. The zero-order valence-electron chi connectivity index (χ0n) is 10.1. The van der Waals surface area contributed by atoms with Gasteiger partial charge in [0.05, 0.1) is 0 Å². The van der Waals surface area contributed by atoms with Crippen LogP contribution in [0.3, 0.4) is 0 Å². The van der Waals surface area contributed by atoms with Crippen LogP contribution in [-0.4, -0.2) is 4.98 Å². The maximum Gasteiger partial charge on any atom is 0.433 e. The van der Waals surface area contributed by atoms with Crippen molar-refractivity contribution in [3.63, 3.8) is 0 Å². The van der Waals surface area contributed by atoms with E-state index in [0.717, 1.165) is 11.6 Å². The van der Waals surface area contributed by atoms with Gasteiger partial charge in [-0.2, -0.15) is 13.2 Å². The first kappa shape index (κ1) is 12.2. The molecule has 19 heavy (non-hydrogen) atoms. The molecular weight excluding hydrogens is 251 g/mol. The van der Waals surface area contributed by atoms with Crippen molar-refractivity contribution < 1.29 is 13.2 Å². The molecule has 1 aliphatic carbocycles. The summed E-state index contributed by atoms with van der Waals surface area (Å²) in [7, 11) is 0. The van der Waals surface area contributed by atoms with Gasteiger partial charge in [-0.3, -0.25) is 4.98 Å². The Morgan fingerprint density at radius 1 is 0.895 bits per heavy atom. The highest BCUT2D eigenvalue weighted by molar-refractivity contribution is 5.63. The van der Waals surface area contributed by atoms with Crippen molar-refractivity contribution in [1.82, 2.24) is 4.98 Å². The summed E-state index contributed by atoms with van der Waals surface area (Å²) in [6, 6.07) is 10.5. The molecule has 1 aliphatic rings. The highest BCUT2D eigenvalue weighted by Crippen LogP contribution is 2.40. The molecule has 4 heteroatoms. The van der Waals surface area contributed by atoms with E-state index in [9.17, 15) is 13.2 Å². The molecule has 1 aromatic carbocycles. The predicted octanol–water partition coefficient (Wildman–Crippen LogP) is 4.64. The predicted molar refractivity (Wildman–Crippen MR) is 66.7 cm³/mol. The zero-order valence-corrected chi connectivity index (χ0v) is 10.1. The van der Waals surface area contributed by atoms with Crippen molar-refractivity contribution in [3.8, 4) is 11.1 Å². The average Bonchev–Trinajstić information content (AvgIpc) is 3.22. The first-order valence-electron chi connectivity index (χ1n) is 6.17. The van der Waals surface area contributed by atoms with Crippen LogP contribution in [0.5, 0.6) is 0 Å². The van der Waals surface area contributed by atoms with Gasteiger partial charge < -0.3 is 0 Å². The number of benzene rings is 1. The number of nitrogens with zero attached hydrogens (tertiary/aromatic N) is 1. The third-order valence-electron chi connectivity index (χ3n) is 3.35. The summed E-state index contributed by atoms with van der Waals surface area (Å²) in [5.41, 5.74) is 2.05. The molecule has 3 rings (SSSR count). The van der Waals surface area contributed by atoms with Gasteiger partial charge in [-0.15, -0.1) is 0 Å². The van der Waals surface area contributed by atoms with Crippen molar-refractivity contribution in [2.45, 2.75) is 24.9 Å². The minimum absolute atomic E-state index is 0.680. The van der Waals surface area contributed by atoms with E-state index in [2.05, 4.69) is 4.98 Å². The van der Waals surface area contributed by atoms with Crippen molar-refractivity contribution in [2.75, 3.05) is 0 Å². The molecule has 0 amide bonds. The first-order chi connectivity index (χ1) is 9.04. The molecule has 0 spiro atoms. The Morgan fingerprint density at radius 2 is 1.53 bits per heavy atom. The third-order valence-corrected chi connectivity index (χ3v) is 3.35. The molecule has 1 nitrogen and oxygen atoms in total. The van der Waals surface area contributed by atoms with Gasteiger partial charge in [-0.25, -0.2) is 0 Å². The van der Waals surface area contributed by atoms with E-state index >= 15 is 0 Å². The quantitative estimate of drug-likeness (QED) is 0.768. The van der Waals surface area contributed by atoms with Crippen LogP contribution in [0.15, 0.2) is 42.6 Å². The van der Waals surface area contributed by atoms with Gasteiger partial charge in [0.15, 0.2) is 0 Å². The summed E-state index contributed by atoms with van der Waals surface area (Å²) >= 11 is 0. The summed E-state index contributed by atoms with van der Waals surface area (Å²) in [5, 5.41) is 0. The van der Waals surface area contributed by atoms with Crippen LogP contribution in [0, 0.1) is 0 Å². The lowest BCUT2D eigenvalue weighted by atomic mass is 10.0. The minimum Gasteiger partial charge on any atom is -0.251 e. The Bertz CT molecular complexity index is 566. The van der Waals surface area contributed by atoms with Crippen LogP contribution < -0.4 is 0 Å². The van der Waals surface area contributed by atoms with Crippen LogP contribution in [0.1, 0.15) is 30.0 Å². The van der Waals surface area contributed by atoms with E-state index in [-0.39, 0.29) is 0 Å². The summed E-state index contributed by atoms with van der Waals surface area (Å²) < 4.78 is 37.2. The Labute approximate surface area is 109 Å². The number of alkyl halides is 3. The molecule has 0 bridgehead atoms. The van der Waals surface area contributed by atoms with E-state index in [1.807, 2.05) is 24.3 Å². The van der Waals surface area contributed by atoms with Crippen molar-refractivity contribution >= 4 is 0 Å². The topological polar surface area (TPSA) is 12.9 Å². The number of hydrogen-bond acceptors (Lipinski definition) is 1. The van der Waals surface area contributed by atoms with Gasteiger partial charge >= 0.3 is 6.18 Å². The number of hydrogen-bond donors (Lipinski definition) is 0. The number of halogens is 3. The highest BCUT2D eigenvalue weighted by atomic mass is 19.4. The van der Waals surface area contributed by atoms with Crippen LogP contribution in [0.25, 0.3) is 11.1 Å². The van der Waals surface area contributed by atoms with Gasteiger partial charge in [-0.05, 0) is 36.0 Å². The largest absolute Gasteiger partial charge is 0.433 e. The van der Waals surface area contributed by atoms with E-state index in [1.165, 1.54) is 30.7 Å². The summed E-state index contributed by atoms with van der Waals surface area (Å²) in [4.78, 5) is 3.47. The van der Waals surface area contributed by atoms with E-state index in [0.29, 0.717) is 11.5 Å². The minimum atomic E-state index is -4.38. The molecule has 0 aliphatic heterocycles. The number of rotatable bonds is 2. The van der Waals surface area contributed by atoms with E-state index in [4.69, 9.17) is 0 Å². The van der Waals surface area contributed by atoms with E-state index < -0.39 is 11.9 Å². The molecule has 2 aromatic rings. The van der Waals surface area contributed by atoms with Crippen LogP contribution in [0.2, 0.25) is 0 Å². The monoisotopic (exact) mass is 263 g/mol. The lowest BCUT2D eigenvalue weighted by Gasteiger charge is -2.07. The normalized spacial score (nSPS) is 15.5. The second-order valence-corrected chi connectivity index (χ2v) is 4.83. The van der Waals surface area contributed by atoms with Crippen LogP contribution in [0.4, 0.5) is 13.2 Å². The van der Waals surface area contributed by atoms with Crippen LogP contribution >= 0.6 is 0 Å². The van der Waals surface area contributed by atoms with Gasteiger partial charge in [0.1, 0.15) is 5.69 Å². The fourth-order valence-electron chi connectivity index (χ4n) is 2.10. The molecule has 0 unspecified atom stereocenters. The van der Waals surface area contributed by atoms with Crippen molar-refractivity contribution in [2.24, 2.45) is 0 Å². The van der Waals surface area contributed by atoms with Gasteiger partial charge in [0.25, 0.3) is 0 Å². The first-order valence-corrected chi connectivity index (χ1v) is 6.17. The van der Waals surface area contributed by atoms with Gasteiger partial charge in [-0.1, -0.05) is 30.3 Å². The van der Waals surface area contributed by atoms with Gasteiger partial charge in [0, 0.05) is 11.8 Å². The van der Waals surface area contributed by atoms with Crippen molar-refractivity contribution in [1.29, 1.82) is 0 Å².